The van der Waals surface area contributed by atoms with E-state index in [-0.39, 0.29) is 21.1 Å². The van der Waals surface area contributed by atoms with Gasteiger partial charge in [-0.25, -0.2) is 0 Å². The van der Waals surface area contributed by atoms with E-state index in [1.54, 1.807) is 10.9 Å². The molecular weight excluding hydrogens is 419 g/mol. The summed E-state index contributed by atoms with van der Waals surface area (Å²) < 4.78 is 7.58. The van der Waals surface area contributed by atoms with Crippen LogP contribution in [0.15, 0.2) is 67.0 Å². The van der Waals surface area contributed by atoms with E-state index in [2.05, 4.69) is 11.2 Å². The van der Waals surface area contributed by atoms with Crippen molar-refractivity contribution in [2.45, 2.75) is 0 Å². The molecule has 0 saturated carbocycles. The van der Waals surface area contributed by atoms with Gasteiger partial charge in [-0.1, -0.05) is 18.2 Å². The molecule has 19 heavy (non-hydrogen) atoms. The number of ether oxygens (including phenoxy) is 1. The summed E-state index contributed by atoms with van der Waals surface area (Å²) in [5.41, 5.74) is 0.798. The van der Waals surface area contributed by atoms with E-state index in [1.807, 2.05) is 60.8 Å². The average Bonchev–Trinajstić information content (AvgIpc) is 2.94. The molecule has 3 nitrogen and oxygen atoms in total. The summed E-state index contributed by atoms with van der Waals surface area (Å²) in [6.07, 6.45) is 3.59. The molecule has 2 aromatic carbocycles. The maximum Gasteiger partial charge on any atom is 0.110 e. The van der Waals surface area contributed by atoms with Crippen molar-refractivity contribution in [2.24, 2.45) is 0 Å². The Morgan fingerprint density at radius 2 is 1.84 bits per heavy atom. The van der Waals surface area contributed by atoms with Gasteiger partial charge >= 0.3 is 0 Å². The van der Waals surface area contributed by atoms with Crippen LogP contribution >= 0.6 is 0 Å². The van der Waals surface area contributed by atoms with E-state index in [1.165, 1.54) is 0 Å². The van der Waals surface area contributed by atoms with Crippen LogP contribution in [0.4, 0.5) is 0 Å². The largest absolute Gasteiger partial charge is 0.515 e. The van der Waals surface area contributed by atoms with Gasteiger partial charge in [0.15, 0.2) is 0 Å². The Hall–Kier alpha value is -1.86. The Balaban J connectivity index is 0.00000133. The summed E-state index contributed by atoms with van der Waals surface area (Å²) in [5, 5.41) is 4.19. The number of hydrogen-bond donors (Lipinski definition) is 0. The second kappa shape index (κ2) is 6.35. The fourth-order valence-electron chi connectivity index (χ4n) is 1.69. The summed E-state index contributed by atoms with van der Waals surface area (Å²) in [6.45, 7) is 0. The molecule has 0 spiro atoms. The molecule has 0 unspecified atom stereocenters. The molecule has 3 rings (SSSR count). The topological polar surface area (TPSA) is 27.1 Å². The predicted octanol–water partition coefficient (Wildman–Crippen LogP) is 3.46. The number of rotatable bonds is 3. The maximum absolute atomic E-state index is 5.84. The normalized spacial score (nSPS) is 9.68. The second-order valence-electron chi connectivity index (χ2n) is 3.75. The smallest absolute Gasteiger partial charge is 0.110 e. The van der Waals surface area contributed by atoms with Gasteiger partial charge in [0.05, 0.1) is 0 Å². The Bertz CT molecular complexity index is 624. The minimum atomic E-state index is 0. The first-order valence-electron chi connectivity index (χ1n) is 5.67. The quantitative estimate of drug-likeness (QED) is 0.596. The van der Waals surface area contributed by atoms with Crippen molar-refractivity contribution < 1.29 is 25.8 Å². The van der Waals surface area contributed by atoms with E-state index in [0.717, 1.165) is 17.2 Å². The van der Waals surface area contributed by atoms with Gasteiger partial charge in [0, 0.05) is 39.2 Å². The van der Waals surface area contributed by atoms with E-state index in [9.17, 15) is 0 Å². The molecule has 0 N–H and O–H groups in total. The monoisotopic (exact) mass is 430 g/mol. The molecule has 4 heteroatoms. The van der Waals surface area contributed by atoms with Crippen molar-refractivity contribution in [3.8, 4) is 17.2 Å². The molecule has 0 aliphatic rings. The van der Waals surface area contributed by atoms with Gasteiger partial charge < -0.3 is 4.74 Å². The third-order valence-electron chi connectivity index (χ3n) is 2.50. The van der Waals surface area contributed by atoms with Gasteiger partial charge in [0.2, 0.25) is 0 Å². The second-order valence-corrected chi connectivity index (χ2v) is 3.75. The first-order valence-corrected chi connectivity index (χ1v) is 5.67. The fraction of sp³-hybridized carbons (Fsp3) is 0. The molecular formula is C15H11N2OPt-. The zero-order valence-electron chi connectivity index (χ0n) is 9.97. The molecule has 0 amide bonds. The van der Waals surface area contributed by atoms with Crippen LogP contribution in [-0.4, -0.2) is 9.78 Å². The Morgan fingerprint density at radius 3 is 2.58 bits per heavy atom. The van der Waals surface area contributed by atoms with Crippen molar-refractivity contribution in [3.05, 3.63) is 73.1 Å². The Kier molecular flexibility index (Phi) is 4.53. The summed E-state index contributed by atoms with van der Waals surface area (Å²) >= 11 is 0. The maximum atomic E-state index is 5.84. The van der Waals surface area contributed by atoms with Gasteiger partial charge in [-0.2, -0.15) is 23.3 Å². The van der Waals surface area contributed by atoms with Gasteiger partial charge in [-0.15, -0.1) is 6.07 Å². The van der Waals surface area contributed by atoms with Crippen LogP contribution in [0.2, 0.25) is 0 Å². The molecule has 0 saturated heterocycles. The number of nitrogens with zero attached hydrogens (tertiary/aromatic N) is 2. The third-order valence-corrected chi connectivity index (χ3v) is 2.50. The van der Waals surface area contributed by atoms with Crippen LogP contribution in [0.3, 0.4) is 0 Å². The number of benzene rings is 2. The van der Waals surface area contributed by atoms with Crippen LogP contribution < -0.4 is 4.74 Å². The molecule has 1 heterocycles. The summed E-state index contributed by atoms with van der Waals surface area (Å²) in [6, 6.07) is 20.3. The molecule has 3 aromatic rings. The SMILES string of the molecule is [Pt].[c-]1cccc(Oc2ccccc2)c1-n1cccn1. The van der Waals surface area contributed by atoms with Gasteiger partial charge in [0.25, 0.3) is 0 Å². The summed E-state index contributed by atoms with van der Waals surface area (Å²) in [7, 11) is 0. The Labute approximate surface area is 126 Å². The minimum Gasteiger partial charge on any atom is -0.515 e. The summed E-state index contributed by atoms with van der Waals surface area (Å²) in [4.78, 5) is 0. The third kappa shape index (κ3) is 3.12. The molecule has 0 atom stereocenters. The summed E-state index contributed by atoms with van der Waals surface area (Å²) in [5.74, 6) is 1.53. The zero-order valence-corrected chi connectivity index (χ0v) is 12.2. The van der Waals surface area contributed by atoms with E-state index >= 15 is 0 Å². The molecule has 0 aliphatic heterocycles. The average molecular weight is 430 g/mol. The minimum absolute atomic E-state index is 0. The van der Waals surface area contributed by atoms with Crippen molar-refractivity contribution in [1.29, 1.82) is 0 Å². The fourth-order valence-corrected chi connectivity index (χ4v) is 1.69. The first kappa shape index (κ1) is 13.6. The molecule has 0 radical (unpaired) electrons. The number of hydrogen-bond acceptors (Lipinski definition) is 2. The molecule has 0 aliphatic carbocycles. The van der Waals surface area contributed by atoms with Crippen LogP contribution in [-0.2, 0) is 21.1 Å². The molecule has 98 valence electrons. The molecule has 0 fully saturated rings. The van der Waals surface area contributed by atoms with Crippen molar-refractivity contribution in [3.63, 3.8) is 0 Å². The van der Waals surface area contributed by atoms with Crippen LogP contribution in [0.1, 0.15) is 0 Å². The van der Waals surface area contributed by atoms with E-state index in [0.29, 0.717) is 0 Å². The van der Waals surface area contributed by atoms with Gasteiger partial charge in [-0.05, 0) is 23.9 Å². The van der Waals surface area contributed by atoms with Crippen molar-refractivity contribution in [1.82, 2.24) is 9.78 Å². The standard InChI is InChI=1S/C15H11N2O.Pt/c1-2-7-13(8-3-1)18-15-10-5-4-9-14(15)17-12-6-11-16-17;/h1-8,10-12H;/q-1;. The van der Waals surface area contributed by atoms with E-state index < -0.39 is 0 Å². The first-order chi connectivity index (χ1) is 8.93. The van der Waals surface area contributed by atoms with Gasteiger partial charge in [-0.3, -0.25) is 4.68 Å². The van der Waals surface area contributed by atoms with Crippen molar-refractivity contribution in [2.75, 3.05) is 0 Å². The molecule has 1 aromatic heterocycles. The van der Waals surface area contributed by atoms with E-state index in [4.69, 9.17) is 4.74 Å². The number of aromatic nitrogens is 2. The van der Waals surface area contributed by atoms with Gasteiger partial charge in [0.1, 0.15) is 5.75 Å². The van der Waals surface area contributed by atoms with Crippen LogP contribution in [0.25, 0.3) is 5.69 Å². The molecule has 0 bridgehead atoms. The zero-order chi connectivity index (χ0) is 12.2. The van der Waals surface area contributed by atoms with Crippen LogP contribution in [0.5, 0.6) is 11.5 Å². The van der Waals surface area contributed by atoms with Crippen LogP contribution in [0, 0.1) is 6.07 Å². The Morgan fingerprint density at radius 1 is 1.00 bits per heavy atom. The van der Waals surface area contributed by atoms with Crippen molar-refractivity contribution >= 4 is 0 Å². The number of para-hydroxylation sites is 2. The predicted molar refractivity (Wildman–Crippen MR) is 68.9 cm³/mol.